The fourth-order valence-corrected chi connectivity index (χ4v) is 1.93. The lowest BCUT2D eigenvalue weighted by atomic mass is 10.0. The summed E-state index contributed by atoms with van der Waals surface area (Å²) in [5, 5.41) is 8.85. The maximum atomic E-state index is 8.85. The highest BCUT2D eigenvalue weighted by Crippen LogP contribution is 2.15. The Balaban J connectivity index is 0.000000280. The molecule has 0 heterocycles. The number of aliphatic hydroxyl groups excluding tert-OH is 1. The highest BCUT2D eigenvalue weighted by atomic mass is 16.3. The molecule has 1 aliphatic carbocycles. The van der Waals surface area contributed by atoms with Gasteiger partial charge in [0.2, 0.25) is 0 Å². The van der Waals surface area contributed by atoms with Crippen molar-refractivity contribution in [1.82, 2.24) is 0 Å². The van der Waals surface area contributed by atoms with Crippen LogP contribution in [0.25, 0.3) is 0 Å². The zero-order valence-electron chi connectivity index (χ0n) is 10.8. The first-order chi connectivity index (χ1) is 7.27. The molecule has 1 heteroatoms. The average Bonchev–Trinajstić information content (AvgIpc) is 2.28. The molecule has 1 N–H and O–H groups in total. The normalized spacial score (nSPS) is 17.8. The van der Waals surface area contributed by atoms with E-state index in [-0.39, 0.29) is 6.10 Å². The van der Waals surface area contributed by atoms with E-state index in [4.69, 9.17) is 5.11 Å². The van der Waals surface area contributed by atoms with Crippen LogP contribution in [0.5, 0.6) is 0 Å². The Hall–Kier alpha value is -0.0400. The predicted octanol–water partition coefficient (Wildman–Crippen LogP) is 4.68. The van der Waals surface area contributed by atoms with Gasteiger partial charge in [0.05, 0.1) is 6.10 Å². The van der Waals surface area contributed by atoms with Crippen LogP contribution in [-0.4, -0.2) is 11.2 Å². The van der Waals surface area contributed by atoms with Crippen LogP contribution >= 0.6 is 0 Å². The van der Waals surface area contributed by atoms with Crippen LogP contribution in [0.3, 0.4) is 0 Å². The Labute approximate surface area is 96.3 Å². The molecule has 1 unspecified atom stereocenters. The first-order valence-corrected chi connectivity index (χ1v) is 6.95. The lowest BCUT2D eigenvalue weighted by Gasteiger charge is -2.05. The molecular weight excluding hydrogens is 184 g/mol. The van der Waals surface area contributed by atoms with Gasteiger partial charge < -0.3 is 5.11 Å². The van der Waals surface area contributed by atoms with Gasteiger partial charge in [0.25, 0.3) is 0 Å². The third kappa shape index (κ3) is 14.0. The number of rotatable bonds is 5. The lowest BCUT2D eigenvalue weighted by Crippen LogP contribution is -1.97. The molecule has 0 radical (unpaired) electrons. The van der Waals surface area contributed by atoms with Gasteiger partial charge in [-0.25, -0.2) is 0 Å². The Morgan fingerprint density at radius 3 is 1.67 bits per heavy atom. The predicted molar refractivity (Wildman–Crippen MR) is 68.1 cm³/mol. The van der Waals surface area contributed by atoms with Gasteiger partial charge in [0.15, 0.2) is 0 Å². The second-order valence-corrected chi connectivity index (χ2v) is 4.82. The Morgan fingerprint density at radius 2 is 1.33 bits per heavy atom. The van der Waals surface area contributed by atoms with Gasteiger partial charge in [-0.2, -0.15) is 0 Å². The molecule has 0 aliphatic heterocycles. The van der Waals surface area contributed by atoms with Crippen molar-refractivity contribution in [3.05, 3.63) is 0 Å². The van der Waals surface area contributed by atoms with Gasteiger partial charge >= 0.3 is 0 Å². The first kappa shape index (κ1) is 15.0. The third-order valence-electron chi connectivity index (χ3n) is 2.98. The van der Waals surface area contributed by atoms with Gasteiger partial charge in [-0.15, -0.1) is 0 Å². The first-order valence-electron chi connectivity index (χ1n) is 6.95. The van der Waals surface area contributed by atoms with E-state index in [1.165, 1.54) is 64.2 Å². The molecule has 0 spiro atoms. The summed E-state index contributed by atoms with van der Waals surface area (Å²) >= 11 is 0. The highest BCUT2D eigenvalue weighted by molar-refractivity contribution is 4.51. The summed E-state index contributed by atoms with van der Waals surface area (Å²) in [7, 11) is 0. The largest absolute Gasteiger partial charge is 0.393 e. The summed E-state index contributed by atoms with van der Waals surface area (Å²) in [4.78, 5) is 0. The van der Waals surface area contributed by atoms with Gasteiger partial charge in [0.1, 0.15) is 0 Å². The monoisotopic (exact) mass is 214 g/mol. The van der Waals surface area contributed by atoms with E-state index in [0.717, 1.165) is 6.42 Å². The third-order valence-corrected chi connectivity index (χ3v) is 2.98. The Bertz CT molecular complexity index is 94.4. The van der Waals surface area contributed by atoms with E-state index in [1.54, 1.807) is 0 Å². The summed E-state index contributed by atoms with van der Waals surface area (Å²) < 4.78 is 0. The Morgan fingerprint density at radius 1 is 0.867 bits per heavy atom. The fraction of sp³-hybridized carbons (Fsp3) is 1.00. The summed E-state index contributed by atoms with van der Waals surface area (Å²) in [6, 6.07) is 0. The van der Waals surface area contributed by atoms with Crippen LogP contribution in [0.15, 0.2) is 0 Å². The van der Waals surface area contributed by atoms with Crippen molar-refractivity contribution in [2.24, 2.45) is 0 Å². The minimum absolute atomic E-state index is 0.0955. The van der Waals surface area contributed by atoms with E-state index in [0.29, 0.717) is 0 Å². The standard InChI is InChI=1S/C8H18O.C6H12/c1-3-4-5-6-7-8(2)9;1-2-4-6-5-3-1/h8-9H,3-7H2,1-2H3;1-6H2. The zero-order chi connectivity index (χ0) is 11.4. The summed E-state index contributed by atoms with van der Waals surface area (Å²) in [6.45, 7) is 4.05. The van der Waals surface area contributed by atoms with Gasteiger partial charge in [-0.1, -0.05) is 71.1 Å². The molecule has 1 saturated carbocycles. The van der Waals surface area contributed by atoms with Crippen LogP contribution in [-0.2, 0) is 0 Å². The second-order valence-electron chi connectivity index (χ2n) is 4.82. The molecule has 1 atom stereocenters. The van der Waals surface area contributed by atoms with Gasteiger partial charge in [0, 0.05) is 0 Å². The number of unbranched alkanes of at least 4 members (excludes halogenated alkanes) is 3. The zero-order valence-corrected chi connectivity index (χ0v) is 10.8. The topological polar surface area (TPSA) is 20.2 Å². The van der Waals surface area contributed by atoms with Gasteiger partial charge in [-0.05, 0) is 13.3 Å². The molecule has 0 aromatic heterocycles. The quantitative estimate of drug-likeness (QED) is 0.659. The SMILES string of the molecule is C1CCCCC1.CCCCCCC(C)O. The number of hydrogen-bond donors (Lipinski definition) is 1. The van der Waals surface area contributed by atoms with Gasteiger partial charge in [-0.3, -0.25) is 0 Å². The van der Waals surface area contributed by atoms with Crippen molar-refractivity contribution in [3.63, 3.8) is 0 Å². The number of aliphatic hydroxyl groups is 1. The van der Waals surface area contributed by atoms with Crippen molar-refractivity contribution < 1.29 is 5.11 Å². The molecule has 0 saturated heterocycles. The molecule has 0 amide bonds. The minimum Gasteiger partial charge on any atom is -0.393 e. The van der Waals surface area contributed by atoms with Crippen molar-refractivity contribution in [2.45, 2.75) is 90.6 Å². The molecule has 92 valence electrons. The van der Waals surface area contributed by atoms with Crippen LogP contribution in [0, 0.1) is 0 Å². The molecule has 1 nitrogen and oxygen atoms in total. The van der Waals surface area contributed by atoms with E-state index in [9.17, 15) is 0 Å². The Kier molecular flexibility index (Phi) is 12.0. The highest BCUT2D eigenvalue weighted by Gasteiger charge is 1.95. The molecule has 1 aliphatic rings. The van der Waals surface area contributed by atoms with Crippen LogP contribution < -0.4 is 0 Å². The van der Waals surface area contributed by atoms with Crippen molar-refractivity contribution in [3.8, 4) is 0 Å². The minimum atomic E-state index is -0.0955. The van der Waals surface area contributed by atoms with E-state index < -0.39 is 0 Å². The second kappa shape index (κ2) is 12.0. The van der Waals surface area contributed by atoms with Crippen LogP contribution in [0.2, 0.25) is 0 Å². The molecule has 15 heavy (non-hydrogen) atoms. The van der Waals surface area contributed by atoms with Crippen molar-refractivity contribution in [2.75, 3.05) is 0 Å². The molecule has 0 bridgehead atoms. The fourth-order valence-electron chi connectivity index (χ4n) is 1.93. The maximum Gasteiger partial charge on any atom is 0.0512 e. The van der Waals surface area contributed by atoms with E-state index in [2.05, 4.69) is 6.92 Å². The molecular formula is C14H30O. The number of hydrogen-bond acceptors (Lipinski definition) is 1. The average molecular weight is 214 g/mol. The van der Waals surface area contributed by atoms with Crippen LogP contribution in [0.1, 0.15) is 84.5 Å². The summed E-state index contributed by atoms with van der Waals surface area (Å²) in [5.41, 5.74) is 0. The molecule has 1 fully saturated rings. The summed E-state index contributed by atoms with van der Waals surface area (Å²) in [5.74, 6) is 0. The molecule has 0 aromatic rings. The van der Waals surface area contributed by atoms with E-state index in [1.807, 2.05) is 6.92 Å². The maximum absolute atomic E-state index is 8.85. The van der Waals surface area contributed by atoms with Crippen molar-refractivity contribution in [1.29, 1.82) is 0 Å². The van der Waals surface area contributed by atoms with E-state index >= 15 is 0 Å². The molecule has 0 aromatic carbocycles. The summed E-state index contributed by atoms with van der Waals surface area (Å²) in [6.07, 6.45) is 14.9. The van der Waals surface area contributed by atoms with Crippen LogP contribution in [0.4, 0.5) is 0 Å². The lowest BCUT2D eigenvalue weighted by molar-refractivity contribution is 0.180. The smallest absolute Gasteiger partial charge is 0.0512 e. The van der Waals surface area contributed by atoms with Crippen molar-refractivity contribution >= 4 is 0 Å². The molecule has 1 rings (SSSR count).